The molecule has 2 nitrogen and oxygen atoms in total. The molecule has 3 aromatic rings. The Morgan fingerprint density at radius 1 is 1.06 bits per heavy atom. The van der Waals surface area contributed by atoms with Gasteiger partial charge in [-0.1, -0.05) is 62.2 Å². The third-order valence-corrected chi connectivity index (χ3v) is 7.54. The van der Waals surface area contributed by atoms with E-state index in [4.69, 9.17) is 4.98 Å². The van der Waals surface area contributed by atoms with Gasteiger partial charge >= 0.3 is 0 Å². The van der Waals surface area contributed by atoms with Gasteiger partial charge in [-0.05, 0) is 84.7 Å². The molecule has 2 aliphatic rings. The number of aliphatic hydroxyl groups is 1. The van der Waals surface area contributed by atoms with E-state index in [0.717, 1.165) is 52.9 Å². The summed E-state index contributed by atoms with van der Waals surface area (Å²) in [5, 5.41) is 11.4. The van der Waals surface area contributed by atoms with Crippen molar-refractivity contribution in [1.82, 2.24) is 4.98 Å². The third-order valence-electron chi connectivity index (χ3n) is 7.54. The topological polar surface area (TPSA) is 33.1 Å². The lowest BCUT2D eigenvalue weighted by Crippen LogP contribution is -2.38. The van der Waals surface area contributed by atoms with Crippen molar-refractivity contribution < 1.29 is 9.50 Å². The molecule has 2 aliphatic carbocycles. The van der Waals surface area contributed by atoms with E-state index >= 15 is 0 Å². The second-order valence-corrected chi connectivity index (χ2v) is 10.3. The van der Waals surface area contributed by atoms with Crippen molar-refractivity contribution in [1.29, 1.82) is 0 Å². The maximum absolute atomic E-state index is 13.8. The second kappa shape index (κ2) is 8.12. The molecule has 1 unspecified atom stereocenters. The van der Waals surface area contributed by atoms with Crippen molar-refractivity contribution in [3.63, 3.8) is 0 Å². The first kappa shape index (κ1) is 21.3. The lowest BCUT2D eigenvalue weighted by Gasteiger charge is -2.47. The van der Waals surface area contributed by atoms with Crippen LogP contribution in [0.5, 0.6) is 0 Å². The molecule has 1 heterocycles. The summed E-state index contributed by atoms with van der Waals surface area (Å²) in [4.78, 5) is 5.22. The van der Waals surface area contributed by atoms with Gasteiger partial charge in [-0.25, -0.2) is 4.39 Å². The third kappa shape index (κ3) is 3.77. The highest BCUT2D eigenvalue weighted by Crippen LogP contribution is 2.55. The van der Waals surface area contributed by atoms with Gasteiger partial charge in [-0.15, -0.1) is 0 Å². The number of rotatable bonds is 4. The first-order chi connectivity index (χ1) is 15.3. The first-order valence-corrected chi connectivity index (χ1v) is 11.9. The van der Waals surface area contributed by atoms with Crippen molar-refractivity contribution in [2.24, 2.45) is 5.41 Å². The van der Waals surface area contributed by atoms with Gasteiger partial charge in [0.05, 0.1) is 6.10 Å². The van der Waals surface area contributed by atoms with Crippen molar-refractivity contribution in [2.45, 2.75) is 71.3 Å². The molecule has 1 spiro atoms. The monoisotopic (exact) mass is 429 g/mol. The number of benzene rings is 2. The summed E-state index contributed by atoms with van der Waals surface area (Å²) in [6.07, 6.45) is 5.58. The molecule has 0 bridgehead atoms. The maximum atomic E-state index is 13.8. The molecule has 1 fully saturated rings. The number of hydrogen-bond donors (Lipinski definition) is 1. The van der Waals surface area contributed by atoms with E-state index in [-0.39, 0.29) is 17.2 Å². The molecule has 1 saturated carbocycles. The molecule has 166 valence electrons. The Kier molecular flexibility index (Phi) is 5.41. The number of aromatic nitrogens is 1. The van der Waals surface area contributed by atoms with Gasteiger partial charge in [0.25, 0.3) is 0 Å². The summed E-state index contributed by atoms with van der Waals surface area (Å²) < 4.78 is 13.8. The predicted octanol–water partition coefficient (Wildman–Crippen LogP) is 7.06. The van der Waals surface area contributed by atoms with Crippen LogP contribution < -0.4 is 0 Å². The van der Waals surface area contributed by atoms with Crippen LogP contribution in [0.25, 0.3) is 11.1 Å². The Morgan fingerprint density at radius 2 is 1.75 bits per heavy atom. The number of aryl methyl sites for hydroxylation is 1. The van der Waals surface area contributed by atoms with Crippen LogP contribution in [0.2, 0.25) is 0 Å². The fourth-order valence-corrected chi connectivity index (χ4v) is 5.71. The van der Waals surface area contributed by atoms with Crippen LogP contribution in [0.15, 0.2) is 48.5 Å². The normalized spacial score (nSPS) is 19.1. The molecular weight excluding hydrogens is 397 g/mol. The smallest absolute Gasteiger partial charge is 0.123 e. The number of aliphatic hydroxyl groups excluding tert-OH is 1. The average Bonchev–Trinajstić information content (AvgIpc) is 2.74. The van der Waals surface area contributed by atoms with Crippen molar-refractivity contribution >= 4 is 0 Å². The van der Waals surface area contributed by atoms with Gasteiger partial charge in [0.1, 0.15) is 5.82 Å². The van der Waals surface area contributed by atoms with E-state index in [0.29, 0.717) is 0 Å². The van der Waals surface area contributed by atoms with Crippen LogP contribution in [0.3, 0.4) is 0 Å². The van der Waals surface area contributed by atoms with Gasteiger partial charge in [0.2, 0.25) is 0 Å². The van der Waals surface area contributed by atoms with Crippen molar-refractivity contribution in [3.05, 3.63) is 88.0 Å². The highest BCUT2D eigenvalue weighted by atomic mass is 19.1. The molecule has 0 saturated heterocycles. The van der Waals surface area contributed by atoms with Crippen LogP contribution in [0, 0.1) is 18.2 Å². The Morgan fingerprint density at radius 3 is 2.34 bits per heavy atom. The van der Waals surface area contributed by atoms with Crippen molar-refractivity contribution in [2.75, 3.05) is 0 Å². The van der Waals surface area contributed by atoms with Crippen LogP contribution in [0.1, 0.15) is 85.2 Å². The largest absolute Gasteiger partial charge is 0.388 e. The summed E-state index contributed by atoms with van der Waals surface area (Å²) in [7, 11) is 0. The number of nitrogens with zero attached hydrogens (tertiary/aromatic N) is 1. The summed E-state index contributed by atoms with van der Waals surface area (Å²) in [6, 6.07) is 15.4. The standard InChI is InChI=1S/C29H32FNO/c1-18(2)28-23(15-20-7-5-19(3)6-8-20)26(21-9-11-22(30)12-10-21)27-24(31-28)16-29(13-4-14-29)17-25(27)32/h5-12,18,25,32H,4,13-17H2,1-3H3. The van der Waals surface area contributed by atoms with Crippen LogP contribution in [-0.4, -0.2) is 10.1 Å². The Balaban J connectivity index is 1.74. The summed E-state index contributed by atoms with van der Waals surface area (Å²) in [5.74, 6) is 0.0196. The van der Waals surface area contributed by atoms with E-state index in [1.165, 1.54) is 42.5 Å². The summed E-state index contributed by atoms with van der Waals surface area (Å²) in [5.41, 5.74) is 9.01. The molecule has 3 heteroatoms. The van der Waals surface area contributed by atoms with Crippen LogP contribution in [0.4, 0.5) is 4.39 Å². The van der Waals surface area contributed by atoms with E-state index in [2.05, 4.69) is 45.0 Å². The van der Waals surface area contributed by atoms with Crippen LogP contribution in [-0.2, 0) is 12.8 Å². The summed E-state index contributed by atoms with van der Waals surface area (Å²) >= 11 is 0. The minimum atomic E-state index is -0.524. The molecule has 0 radical (unpaired) electrons. The van der Waals surface area contributed by atoms with E-state index in [1.54, 1.807) is 0 Å². The maximum Gasteiger partial charge on any atom is 0.123 e. The van der Waals surface area contributed by atoms with Gasteiger partial charge in [0, 0.05) is 17.0 Å². The molecule has 0 aliphatic heterocycles. The van der Waals surface area contributed by atoms with E-state index in [9.17, 15) is 9.50 Å². The molecule has 32 heavy (non-hydrogen) atoms. The lowest BCUT2D eigenvalue weighted by atomic mass is 9.59. The van der Waals surface area contributed by atoms with Crippen molar-refractivity contribution in [3.8, 4) is 11.1 Å². The molecular formula is C29H32FNO. The molecule has 1 aromatic heterocycles. The zero-order chi connectivity index (χ0) is 22.5. The lowest BCUT2D eigenvalue weighted by molar-refractivity contribution is 0.0247. The van der Waals surface area contributed by atoms with Gasteiger partial charge in [0.15, 0.2) is 0 Å². The zero-order valence-corrected chi connectivity index (χ0v) is 19.3. The zero-order valence-electron chi connectivity index (χ0n) is 19.3. The van der Waals surface area contributed by atoms with Crippen LogP contribution >= 0.6 is 0 Å². The minimum absolute atomic E-state index is 0.214. The van der Waals surface area contributed by atoms with E-state index < -0.39 is 6.10 Å². The molecule has 2 aromatic carbocycles. The average molecular weight is 430 g/mol. The highest BCUT2D eigenvalue weighted by molar-refractivity contribution is 5.74. The molecule has 1 N–H and O–H groups in total. The SMILES string of the molecule is Cc1ccc(Cc2c(C(C)C)nc3c(c2-c2ccc(F)cc2)C(O)CC2(CCC2)C3)cc1. The predicted molar refractivity (Wildman–Crippen MR) is 127 cm³/mol. The fraction of sp³-hybridized carbons (Fsp3) is 0.414. The molecule has 0 amide bonds. The molecule has 1 atom stereocenters. The minimum Gasteiger partial charge on any atom is -0.388 e. The quantitative estimate of drug-likeness (QED) is 0.481. The number of fused-ring (bicyclic) bond motifs is 1. The highest BCUT2D eigenvalue weighted by Gasteiger charge is 2.45. The summed E-state index contributed by atoms with van der Waals surface area (Å²) in [6.45, 7) is 6.49. The Labute approximate surface area is 190 Å². The fourth-order valence-electron chi connectivity index (χ4n) is 5.71. The number of pyridine rings is 1. The Hall–Kier alpha value is -2.52. The molecule has 5 rings (SSSR count). The van der Waals surface area contributed by atoms with Gasteiger partial charge < -0.3 is 5.11 Å². The Bertz CT molecular complexity index is 1130. The number of hydrogen-bond acceptors (Lipinski definition) is 2. The van der Waals surface area contributed by atoms with Gasteiger partial charge in [-0.2, -0.15) is 0 Å². The first-order valence-electron chi connectivity index (χ1n) is 11.9. The number of halogens is 1. The second-order valence-electron chi connectivity index (χ2n) is 10.3. The van der Waals surface area contributed by atoms with Gasteiger partial charge in [-0.3, -0.25) is 4.98 Å². The van der Waals surface area contributed by atoms with E-state index in [1.807, 2.05) is 12.1 Å².